The predicted molar refractivity (Wildman–Crippen MR) is 128 cm³/mol. The van der Waals surface area contributed by atoms with Crippen molar-refractivity contribution in [3.05, 3.63) is 77.4 Å². The Bertz CT molecular complexity index is 1380. The van der Waals surface area contributed by atoms with E-state index in [1.807, 2.05) is 0 Å². The average Bonchev–Trinajstić information content (AvgIpc) is 3.25. The molecule has 5 rings (SSSR count). The maximum Gasteiger partial charge on any atom is 0.259 e. The first-order valence-electron chi connectivity index (χ1n) is 10.9. The van der Waals surface area contributed by atoms with E-state index >= 15 is 8.78 Å². The van der Waals surface area contributed by atoms with Gasteiger partial charge in [0.15, 0.2) is 0 Å². The number of hydrogen-bond acceptors (Lipinski definition) is 7. The molecule has 7 nitrogen and oxygen atoms in total. The van der Waals surface area contributed by atoms with Crippen molar-refractivity contribution in [1.82, 2.24) is 19.4 Å². The number of nitrogens with zero attached hydrogens (tertiary/aromatic N) is 4. The van der Waals surface area contributed by atoms with Crippen molar-refractivity contribution in [3.8, 4) is 5.69 Å². The second-order valence-corrected chi connectivity index (χ2v) is 9.49. The Balaban J connectivity index is 1.50. The molecule has 3 heterocycles. The van der Waals surface area contributed by atoms with E-state index in [2.05, 4.69) is 15.3 Å². The lowest BCUT2D eigenvalue weighted by atomic mass is 10.1. The smallest absolute Gasteiger partial charge is 0.259 e. The molecule has 2 aromatic heterocycles. The van der Waals surface area contributed by atoms with Gasteiger partial charge in [-0.1, -0.05) is 0 Å². The molecule has 0 spiro atoms. The van der Waals surface area contributed by atoms with Gasteiger partial charge in [-0.3, -0.25) is 0 Å². The Morgan fingerprint density at radius 3 is 2.40 bits per heavy atom. The Morgan fingerprint density at radius 1 is 1.00 bits per heavy atom. The highest BCUT2D eigenvalue weighted by Crippen LogP contribution is 2.32. The normalized spacial score (nSPS) is 15.0. The molecule has 1 saturated heterocycles. The molecule has 0 amide bonds. The number of aromatic nitrogens is 3. The van der Waals surface area contributed by atoms with Gasteiger partial charge in [0.2, 0.25) is 5.95 Å². The standard InChI is InChI=1S/C24H22F3N5O2S/c1-14-10-16(2-3-18(14)25)29-23-28-13-15-4-5-32(22(15)30-23)17-11-19(26)21(20(27)12-17)24(33,34)31-6-8-35-9-7-31/h2-5,10-13,33-34H,6-9H2,1H3,(H,28,29,30). The van der Waals surface area contributed by atoms with Gasteiger partial charge in [-0.15, -0.1) is 0 Å². The van der Waals surface area contributed by atoms with Crippen molar-refractivity contribution in [3.63, 3.8) is 0 Å². The fourth-order valence-corrected chi connectivity index (χ4v) is 4.99. The monoisotopic (exact) mass is 501 g/mol. The summed E-state index contributed by atoms with van der Waals surface area (Å²) < 4.78 is 45.3. The average molecular weight is 502 g/mol. The van der Waals surface area contributed by atoms with Gasteiger partial charge in [0.1, 0.15) is 23.1 Å². The van der Waals surface area contributed by atoms with Crippen LogP contribution in [0.5, 0.6) is 0 Å². The second-order valence-electron chi connectivity index (χ2n) is 8.27. The molecule has 3 N–H and O–H groups in total. The fourth-order valence-electron chi connectivity index (χ4n) is 4.09. The third-order valence-electron chi connectivity index (χ3n) is 5.93. The molecule has 0 aliphatic carbocycles. The molecule has 0 unspecified atom stereocenters. The van der Waals surface area contributed by atoms with E-state index in [9.17, 15) is 14.6 Å². The molecule has 0 saturated carbocycles. The number of rotatable bonds is 5. The van der Waals surface area contributed by atoms with Gasteiger partial charge in [-0.25, -0.2) is 23.1 Å². The zero-order chi connectivity index (χ0) is 24.7. The van der Waals surface area contributed by atoms with Gasteiger partial charge < -0.3 is 20.1 Å². The van der Waals surface area contributed by atoms with Crippen LogP contribution >= 0.6 is 11.8 Å². The summed E-state index contributed by atoms with van der Waals surface area (Å²) in [6, 6.07) is 8.26. The Hall–Kier alpha value is -3.12. The van der Waals surface area contributed by atoms with Gasteiger partial charge >= 0.3 is 0 Å². The summed E-state index contributed by atoms with van der Waals surface area (Å²) in [6.45, 7) is 2.22. The number of fused-ring (bicyclic) bond motifs is 1. The molecule has 0 radical (unpaired) electrons. The Labute approximate surface area is 203 Å². The molecule has 1 aliphatic rings. The van der Waals surface area contributed by atoms with Crippen LogP contribution in [0.15, 0.2) is 48.8 Å². The molecule has 4 aromatic rings. The lowest BCUT2D eigenvalue weighted by Gasteiger charge is -2.37. The maximum absolute atomic E-state index is 15.1. The minimum absolute atomic E-state index is 0.117. The van der Waals surface area contributed by atoms with Crippen LogP contribution < -0.4 is 5.32 Å². The Morgan fingerprint density at radius 2 is 1.71 bits per heavy atom. The molecule has 0 bridgehead atoms. The number of nitrogens with one attached hydrogen (secondary N) is 1. The summed E-state index contributed by atoms with van der Waals surface area (Å²) >= 11 is 1.63. The topological polar surface area (TPSA) is 86.4 Å². The first kappa shape index (κ1) is 23.6. The molecule has 35 heavy (non-hydrogen) atoms. The number of anilines is 2. The summed E-state index contributed by atoms with van der Waals surface area (Å²) in [6.07, 6.45) is 3.14. The van der Waals surface area contributed by atoms with Crippen LogP contribution in [0.25, 0.3) is 16.7 Å². The summed E-state index contributed by atoms with van der Waals surface area (Å²) in [5, 5.41) is 24.8. The molecular weight excluding hydrogens is 479 g/mol. The molecular formula is C24H22F3N5O2S. The van der Waals surface area contributed by atoms with Gasteiger partial charge in [0.05, 0.1) is 11.3 Å². The highest BCUT2D eigenvalue weighted by Gasteiger charge is 2.40. The first-order valence-corrected chi connectivity index (χ1v) is 12.0. The van der Waals surface area contributed by atoms with Crippen molar-refractivity contribution in [2.45, 2.75) is 12.8 Å². The van der Waals surface area contributed by atoms with E-state index in [1.54, 1.807) is 49.3 Å². The zero-order valence-corrected chi connectivity index (χ0v) is 19.5. The number of aryl methyl sites for hydroxylation is 1. The summed E-state index contributed by atoms with van der Waals surface area (Å²) in [4.78, 5) is 9.95. The van der Waals surface area contributed by atoms with E-state index < -0.39 is 23.1 Å². The van der Waals surface area contributed by atoms with Crippen LogP contribution in [-0.4, -0.2) is 54.2 Å². The van der Waals surface area contributed by atoms with Crippen molar-refractivity contribution >= 4 is 34.4 Å². The fraction of sp³-hybridized carbons (Fsp3) is 0.250. The third kappa shape index (κ3) is 4.47. The Kier molecular flexibility index (Phi) is 6.18. The van der Waals surface area contributed by atoms with Gasteiger partial charge in [0.25, 0.3) is 5.91 Å². The number of hydrogen-bond donors (Lipinski definition) is 3. The molecule has 1 aliphatic heterocycles. The molecule has 2 aromatic carbocycles. The number of benzene rings is 2. The van der Waals surface area contributed by atoms with Gasteiger partial charge in [0, 0.05) is 48.1 Å². The predicted octanol–water partition coefficient (Wildman–Crippen LogP) is 4.03. The number of thioether (sulfide) groups is 1. The van der Waals surface area contributed by atoms with Crippen molar-refractivity contribution in [2.75, 3.05) is 29.9 Å². The maximum atomic E-state index is 15.1. The van der Waals surface area contributed by atoms with Crippen LogP contribution in [0.4, 0.5) is 24.8 Å². The van der Waals surface area contributed by atoms with Crippen molar-refractivity contribution in [1.29, 1.82) is 0 Å². The second kappa shape index (κ2) is 9.15. The minimum atomic E-state index is -2.76. The van der Waals surface area contributed by atoms with E-state index in [0.717, 1.165) is 12.1 Å². The van der Waals surface area contributed by atoms with E-state index in [-0.39, 0.29) is 17.5 Å². The highest BCUT2D eigenvalue weighted by atomic mass is 32.2. The SMILES string of the molecule is Cc1cc(Nc2ncc3ccn(-c4cc(F)c(C(O)(O)N5CCSCC5)c(F)c4)c3n2)ccc1F. The summed E-state index contributed by atoms with van der Waals surface area (Å²) in [7, 11) is 0. The van der Waals surface area contributed by atoms with Gasteiger partial charge in [-0.05, 0) is 48.9 Å². The first-order chi connectivity index (χ1) is 16.7. The zero-order valence-electron chi connectivity index (χ0n) is 18.7. The molecule has 0 atom stereocenters. The lowest BCUT2D eigenvalue weighted by Crippen LogP contribution is -2.51. The van der Waals surface area contributed by atoms with Crippen LogP contribution in [-0.2, 0) is 5.91 Å². The van der Waals surface area contributed by atoms with Crippen molar-refractivity contribution < 1.29 is 23.4 Å². The third-order valence-corrected chi connectivity index (χ3v) is 6.88. The molecule has 1 fully saturated rings. The van der Waals surface area contributed by atoms with Crippen molar-refractivity contribution in [2.24, 2.45) is 0 Å². The highest BCUT2D eigenvalue weighted by molar-refractivity contribution is 7.99. The van der Waals surface area contributed by atoms with Gasteiger partial charge in [-0.2, -0.15) is 16.7 Å². The summed E-state index contributed by atoms with van der Waals surface area (Å²) in [5.74, 6) is -3.78. The van der Waals surface area contributed by atoms with Crippen LogP contribution in [0.1, 0.15) is 11.1 Å². The van der Waals surface area contributed by atoms with E-state index in [1.165, 1.54) is 15.5 Å². The van der Waals surface area contributed by atoms with E-state index in [0.29, 0.717) is 46.9 Å². The van der Waals surface area contributed by atoms with E-state index in [4.69, 9.17) is 0 Å². The van der Waals surface area contributed by atoms with Crippen LogP contribution in [0.3, 0.4) is 0 Å². The lowest BCUT2D eigenvalue weighted by molar-refractivity contribution is -0.276. The summed E-state index contributed by atoms with van der Waals surface area (Å²) in [5.41, 5.74) is 0.721. The minimum Gasteiger partial charge on any atom is -0.349 e. The van der Waals surface area contributed by atoms with Crippen LogP contribution in [0.2, 0.25) is 0 Å². The quantitative estimate of drug-likeness (QED) is 0.356. The molecule has 11 heteroatoms. The number of halogens is 3. The van der Waals surface area contributed by atoms with Crippen LogP contribution in [0, 0.1) is 24.4 Å². The molecule has 182 valence electrons. The largest absolute Gasteiger partial charge is 0.349 e. The number of aliphatic hydroxyl groups is 2.